The van der Waals surface area contributed by atoms with E-state index in [4.69, 9.17) is 5.21 Å². The summed E-state index contributed by atoms with van der Waals surface area (Å²) in [5, 5.41) is 19.6. The smallest absolute Gasteiger partial charge is 0.431 e. The fourth-order valence-corrected chi connectivity index (χ4v) is 2.93. The molecule has 0 radical (unpaired) electrons. The van der Waals surface area contributed by atoms with Gasteiger partial charge in [-0.15, -0.1) is 0 Å². The Hall–Kier alpha value is -0.840. The maximum Gasteiger partial charge on any atom is 0.431 e. The fraction of sp³-hybridized carbons (Fsp3) is 1.00. The van der Waals surface area contributed by atoms with Gasteiger partial charge in [0.1, 0.15) is 6.54 Å². The summed E-state index contributed by atoms with van der Waals surface area (Å²) in [6.07, 6.45) is -18.9. The molecule has 0 spiro atoms. The van der Waals surface area contributed by atoms with Crippen LogP contribution >= 0.6 is 0 Å². The van der Waals surface area contributed by atoms with Gasteiger partial charge in [0.2, 0.25) is 10.0 Å². The molecule has 16 heteroatoms. The van der Waals surface area contributed by atoms with Crippen molar-refractivity contribution in [2.45, 2.75) is 43.2 Å². The van der Waals surface area contributed by atoms with Crippen molar-refractivity contribution in [2.75, 3.05) is 25.9 Å². The van der Waals surface area contributed by atoms with Gasteiger partial charge in [-0.2, -0.15) is 26.3 Å². The molecule has 0 aromatic rings. The number of hydroxylamine groups is 4. The van der Waals surface area contributed by atoms with Crippen molar-refractivity contribution in [1.29, 1.82) is 0 Å². The van der Waals surface area contributed by atoms with Gasteiger partial charge < -0.3 is 5.21 Å². The molecule has 0 fully saturated rings. The lowest BCUT2D eigenvalue weighted by Crippen LogP contribution is -2.56. The number of alkyl halides is 9. The van der Waals surface area contributed by atoms with E-state index in [2.05, 4.69) is 0 Å². The van der Waals surface area contributed by atoms with E-state index in [9.17, 15) is 53.1 Å². The van der Waals surface area contributed by atoms with Gasteiger partial charge in [0.15, 0.2) is 0 Å². The van der Waals surface area contributed by atoms with Gasteiger partial charge in [0, 0.05) is 19.4 Å². The predicted octanol–water partition coefficient (Wildman–Crippen LogP) is 2.88. The molecular formula is C11H17F9N2O4S. The van der Waals surface area contributed by atoms with Crippen molar-refractivity contribution in [1.82, 2.24) is 4.72 Å². The first-order valence-corrected chi connectivity index (χ1v) is 8.74. The average molecular weight is 444 g/mol. The Kier molecular flexibility index (Phi) is 8.01. The van der Waals surface area contributed by atoms with E-state index in [0.717, 1.165) is 7.05 Å². The lowest BCUT2D eigenvalue weighted by molar-refractivity contribution is -1.05. The molecule has 27 heavy (non-hydrogen) atoms. The van der Waals surface area contributed by atoms with Gasteiger partial charge in [-0.05, 0) is 0 Å². The zero-order chi connectivity index (χ0) is 21.9. The summed E-state index contributed by atoms with van der Waals surface area (Å²) in [5.41, 5.74) is -6.21. The van der Waals surface area contributed by atoms with Crippen LogP contribution in [0.2, 0.25) is 0 Å². The average Bonchev–Trinajstić information content (AvgIpc) is 2.38. The number of quaternary nitrogens is 1. The number of hydrogen-bond donors (Lipinski definition) is 2. The second-order valence-electron chi connectivity index (χ2n) is 5.92. The molecule has 0 aromatic heterocycles. The topological polar surface area (TPSA) is 89.5 Å². The van der Waals surface area contributed by atoms with Crippen molar-refractivity contribution in [3.05, 3.63) is 5.21 Å². The molecule has 0 saturated carbocycles. The van der Waals surface area contributed by atoms with E-state index in [1.165, 1.54) is 0 Å². The van der Waals surface area contributed by atoms with Crippen molar-refractivity contribution in [3.63, 3.8) is 0 Å². The summed E-state index contributed by atoms with van der Waals surface area (Å²) in [6.45, 7) is -0.997. The van der Waals surface area contributed by atoms with E-state index in [0.29, 0.717) is 0 Å². The maximum atomic E-state index is 13.4. The maximum absolute atomic E-state index is 13.4. The number of sulfonamides is 1. The molecule has 0 aromatic carbocycles. The van der Waals surface area contributed by atoms with Gasteiger partial charge in [-0.25, -0.2) is 36.3 Å². The highest BCUT2D eigenvalue weighted by Gasteiger charge is 2.74. The molecule has 1 unspecified atom stereocenters. The molecule has 0 amide bonds. The first kappa shape index (κ1) is 26.2. The second kappa shape index (κ2) is 8.26. The summed E-state index contributed by atoms with van der Waals surface area (Å²) in [7, 11) is -3.76. The van der Waals surface area contributed by atoms with E-state index >= 15 is 0 Å². The third-order valence-electron chi connectivity index (χ3n) is 3.21. The van der Waals surface area contributed by atoms with Gasteiger partial charge in [-0.1, -0.05) is 0 Å². The highest BCUT2D eigenvalue weighted by Crippen LogP contribution is 2.51. The predicted molar refractivity (Wildman–Crippen MR) is 72.7 cm³/mol. The summed E-state index contributed by atoms with van der Waals surface area (Å²) >= 11 is 0. The Morgan fingerprint density at radius 1 is 1.00 bits per heavy atom. The Bertz CT molecular complexity index is 570. The van der Waals surface area contributed by atoms with Gasteiger partial charge in [0.25, 0.3) is 5.92 Å². The molecule has 0 aliphatic carbocycles. The molecular weight excluding hydrogens is 427 g/mol. The van der Waals surface area contributed by atoms with Crippen LogP contribution in [0.15, 0.2) is 0 Å². The molecule has 6 nitrogen and oxygen atoms in total. The Labute approximate surface area is 148 Å². The zero-order valence-corrected chi connectivity index (χ0v) is 14.5. The van der Waals surface area contributed by atoms with Crippen molar-refractivity contribution >= 4 is 10.0 Å². The van der Waals surface area contributed by atoms with Crippen LogP contribution in [0.3, 0.4) is 0 Å². The van der Waals surface area contributed by atoms with E-state index < -0.39 is 70.5 Å². The van der Waals surface area contributed by atoms with Gasteiger partial charge in [-0.3, -0.25) is 0 Å². The van der Waals surface area contributed by atoms with Crippen molar-refractivity contribution in [2.24, 2.45) is 0 Å². The number of nitrogens with one attached hydrogen (secondary N) is 1. The molecule has 0 bridgehead atoms. The standard InChI is InChI=1S/C11H17F9N2O4S/c1-22(23,24)5-2-4-21-27(25,26)6-3-8(12,13)7-9(14,10(15,16)17)11(18,19)20/h21,23H,2-7H2,1H3. The first-order chi connectivity index (χ1) is 11.6. The molecule has 2 N–H and O–H groups in total. The Balaban J connectivity index is 4.91. The minimum Gasteiger partial charge on any atom is -0.599 e. The van der Waals surface area contributed by atoms with Crippen LogP contribution < -0.4 is 4.72 Å². The highest BCUT2D eigenvalue weighted by molar-refractivity contribution is 7.89. The summed E-state index contributed by atoms with van der Waals surface area (Å²) in [4.78, 5) is -1.77. The minimum atomic E-state index is -6.68. The van der Waals surface area contributed by atoms with Crippen LogP contribution in [-0.2, 0) is 10.0 Å². The lowest BCUT2D eigenvalue weighted by Gasteiger charge is -2.32. The summed E-state index contributed by atoms with van der Waals surface area (Å²) in [5.74, 6) is -6.53. The number of nitrogens with zero attached hydrogens (tertiary/aromatic N) is 1. The van der Waals surface area contributed by atoms with Crippen LogP contribution in [0.4, 0.5) is 39.5 Å². The number of rotatable bonds is 10. The monoisotopic (exact) mass is 444 g/mol. The quantitative estimate of drug-likeness (QED) is 0.235. The van der Waals surface area contributed by atoms with E-state index in [1.807, 2.05) is 0 Å². The molecule has 0 aliphatic rings. The molecule has 0 rings (SSSR count). The normalized spacial score (nSPS) is 17.0. The number of halogens is 9. The lowest BCUT2D eigenvalue weighted by atomic mass is 9.94. The molecule has 0 aliphatic heterocycles. The molecule has 0 heterocycles. The van der Waals surface area contributed by atoms with Crippen LogP contribution in [0.1, 0.15) is 19.3 Å². The van der Waals surface area contributed by atoms with Crippen LogP contribution in [0.5, 0.6) is 0 Å². The largest absolute Gasteiger partial charge is 0.599 e. The van der Waals surface area contributed by atoms with Crippen molar-refractivity contribution < 1.29 is 57.9 Å². The number of hydrogen-bond acceptors (Lipinski definition) is 4. The Morgan fingerprint density at radius 3 is 1.81 bits per heavy atom. The minimum absolute atomic E-state index is 0.248. The van der Waals surface area contributed by atoms with E-state index in [-0.39, 0.29) is 6.42 Å². The van der Waals surface area contributed by atoms with Crippen LogP contribution in [0.25, 0.3) is 0 Å². The SMILES string of the molecule is C[N+]([O-])(O)CCCNS(=O)(=O)CCC(F)(F)CC(F)(C(F)(F)F)C(F)(F)F. The first-order valence-electron chi connectivity index (χ1n) is 7.09. The fourth-order valence-electron chi connectivity index (χ4n) is 1.76. The highest BCUT2D eigenvalue weighted by atomic mass is 32.2. The second-order valence-corrected chi connectivity index (χ2v) is 7.85. The zero-order valence-electron chi connectivity index (χ0n) is 13.7. The van der Waals surface area contributed by atoms with Gasteiger partial charge in [0.05, 0.1) is 19.2 Å². The Morgan fingerprint density at radius 2 is 1.44 bits per heavy atom. The van der Waals surface area contributed by atoms with E-state index in [1.54, 1.807) is 4.72 Å². The third-order valence-corrected chi connectivity index (χ3v) is 4.59. The summed E-state index contributed by atoms with van der Waals surface area (Å²) < 4.78 is 139. The third kappa shape index (κ3) is 8.80. The van der Waals surface area contributed by atoms with Crippen molar-refractivity contribution in [3.8, 4) is 0 Å². The summed E-state index contributed by atoms with van der Waals surface area (Å²) in [6, 6.07) is 0. The molecule has 0 saturated heterocycles. The molecule has 1 atom stereocenters. The van der Waals surface area contributed by atoms with Gasteiger partial charge >= 0.3 is 18.0 Å². The molecule has 164 valence electrons. The van der Waals surface area contributed by atoms with Crippen LogP contribution in [-0.4, -0.2) is 68.3 Å². The van der Waals surface area contributed by atoms with Crippen LogP contribution in [0, 0.1) is 5.21 Å².